The fraction of sp³-hybridized carbons (Fsp3) is 0.300. The van der Waals surface area contributed by atoms with E-state index in [-0.39, 0.29) is 16.8 Å². The summed E-state index contributed by atoms with van der Waals surface area (Å²) in [6.07, 6.45) is 0. The number of tetrazole rings is 1. The van der Waals surface area contributed by atoms with Gasteiger partial charge in [0.15, 0.2) is 5.82 Å². The van der Waals surface area contributed by atoms with Crippen LogP contribution in [-0.2, 0) is 0 Å². The maximum Gasteiger partial charge on any atom is 0.368 e. The van der Waals surface area contributed by atoms with Crippen molar-refractivity contribution >= 4 is 11.6 Å². The molecule has 0 aliphatic heterocycles. The van der Waals surface area contributed by atoms with Crippen molar-refractivity contribution in [3.8, 4) is 5.69 Å². The van der Waals surface area contributed by atoms with Gasteiger partial charge in [0.1, 0.15) is 5.69 Å². The van der Waals surface area contributed by atoms with Crippen molar-refractivity contribution in [2.75, 3.05) is 0 Å². The smallest absolute Gasteiger partial charge is 0.244 e. The quantitative estimate of drug-likeness (QED) is 0.823. The lowest BCUT2D eigenvalue weighted by Gasteiger charge is -2.02. The maximum atomic E-state index is 13.6. The molecule has 0 unspecified atom stereocenters. The average Bonchev–Trinajstić information content (AvgIpc) is 2.60. The molecule has 1 heterocycles. The van der Waals surface area contributed by atoms with Crippen molar-refractivity contribution in [1.29, 1.82) is 0 Å². The second kappa shape index (κ2) is 4.29. The molecular weight excluding hydrogens is 247 g/mol. The van der Waals surface area contributed by atoms with Crippen molar-refractivity contribution in [2.45, 2.75) is 19.9 Å². The molecule has 1 aromatic heterocycles. The predicted octanol–water partition coefficient (Wildman–Crippen LogP) is 1.80. The molecule has 2 aromatic rings. The molecule has 0 aliphatic carbocycles. The van der Waals surface area contributed by atoms with E-state index < -0.39 is 11.5 Å². The minimum atomic E-state index is -0.615. The Hall–Kier alpha value is -1.69. The van der Waals surface area contributed by atoms with E-state index in [1.807, 2.05) is 0 Å². The molecule has 0 bridgehead atoms. The molecule has 17 heavy (non-hydrogen) atoms. The van der Waals surface area contributed by atoms with E-state index in [9.17, 15) is 9.18 Å². The maximum absolute atomic E-state index is 13.6. The predicted molar refractivity (Wildman–Crippen MR) is 61.0 cm³/mol. The van der Waals surface area contributed by atoms with Gasteiger partial charge >= 0.3 is 5.69 Å². The van der Waals surface area contributed by atoms with Crippen LogP contribution in [-0.4, -0.2) is 19.8 Å². The summed E-state index contributed by atoms with van der Waals surface area (Å²) in [5.41, 5.74) is -0.451. The number of nitrogens with zero attached hydrogens (tertiary/aromatic N) is 4. The summed E-state index contributed by atoms with van der Waals surface area (Å²) in [6.45, 7) is 3.58. The molecule has 5 nitrogen and oxygen atoms in total. The van der Waals surface area contributed by atoms with Gasteiger partial charge in [0.25, 0.3) is 0 Å². The van der Waals surface area contributed by atoms with Crippen molar-refractivity contribution < 1.29 is 4.39 Å². The van der Waals surface area contributed by atoms with Gasteiger partial charge < -0.3 is 0 Å². The van der Waals surface area contributed by atoms with Crippen LogP contribution in [0.15, 0.2) is 23.0 Å². The second-order valence-corrected chi connectivity index (χ2v) is 4.24. The van der Waals surface area contributed by atoms with E-state index in [1.165, 1.54) is 16.8 Å². The lowest BCUT2D eigenvalue weighted by molar-refractivity contribution is 0.500. The van der Waals surface area contributed by atoms with Crippen molar-refractivity contribution in [3.63, 3.8) is 0 Å². The number of benzene rings is 1. The average molecular weight is 257 g/mol. The van der Waals surface area contributed by atoms with Gasteiger partial charge in [-0.15, -0.1) is 0 Å². The largest absolute Gasteiger partial charge is 0.368 e. The molecule has 0 fully saturated rings. The Morgan fingerprint density at radius 3 is 2.59 bits per heavy atom. The zero-order valence-electron chi connectivity index (χ0n) is 9.26. The highest BCUT2D eigenvalue weighted by Crippen LogP contribution is 2.16. The Balaban J connectivity index is 2.58. The third kappa shape index (κ3) is 2.08. The second-order valence-electron chi connectivity index (χ2n) is 3.81. The van der Waals surface area contributed by atoms with Crippen LogP contribution in [0.2, 0.25) is 5.02 Å². The van der Waals surface area contributed by atoms with Gasteiger partial charge in [0, 0.05) is 5.02 Å². The Labute approximate surface area is 101 Å². The Morgan fingerprint density at radius 2 is 2.06 bits per heavy atom. The highest BCUT2D eigenvalue weighted by atomic mass is 35.5. The fourth-order valence-electron chi connectivity index (χ4n) is 1.39. The lowest BCUT2D eigenvalue weighted by atomic mass is 10.3. The molecule has 2 rings (SSSR count). The van der Waals surface area contributed by atoms with Crippen LogP contribution in [0, 0.1) is 5.82 Å². The molecule has 90 valence electrons. The Kier molecular flexibility index (Phi) is 2.97. The molecular formula is C10H10ClFN4O. The normalized spacial score (nSPS) is 11.1. The number of hydrogen-bond donors (Lipinski definition) is 0. The van der Waals surface area contributed by atoms with Gasteiger partial charge in [0.05, 0.1) is 6.04 Å². The highest BCUT2D eigenvalue weighted by Gasteiger charge is 2.14. The molecule has 1 aromatic carbocycles. The van der Waals surface area contributed by atoms with E-state index in [1.54, 1.807) is 13.8 Å². The number of hydrogen-bond acceptors (Lipinski definition) is 3. The number of halogens is 2. The number of rotatable bonds is 2. The number of aromatic nitrogens is 4. The van der Waals surface area contributed by atoms with E-state index >= 15 is 0 Å². The van der Waals surface area contributed by atoms with Crippen molar-refractivity contribution in [3.05, 3.63) is 39.5 Å². The molecule has 0 N–H and O–H groups in total. The minimum Gasteiger partial charge on any atom is -0.244 e. The van der Waals surface area contributed by atoms with Crippen LogP contribution in [0.1, 0.15) is 19.9 Å². The third-order valence-corrected chi connectivity index (χ3v) is 2.47. The van der Waals surface area contributed by atoms with Gasteiger partial charge in [-0.3, -0.25) is 0 Å². The van der Waals surface area contributed by atoms with Gasteiger partial charge in [-0.25, -0.2) is 9.18 Å². The highest BCUT2D eigenvalue weighted by molar-refractivity contribution is 6.30. The van der Waals surface area contributed by atoms with Gasteiger partial charge in [-0.2, -0.15) is 9.36 Å². The summed E-state index contributed by atoms with van der Waals surface area (Å²) in [5, 5.41) is 7.56. The lowest BCUT2D eigenvalue weighted by Crippen LogP contribution is -2.26. The van der Waals surface area contributed by atoms with Crippen LogP contribution in [0.4, 0.5) is 4.39 Å². The van der Waals surface area contributed by atoms with Crippen LogP contribution < -0.4 is 5.69 Å². The van der Waals surface area contributed by atoms with Gasteiger partial charge in [-0.05, 0) is 42.5 Å². The first-order valence-electron chi connectivity index (χ1n) is 5.00. The zero-order chi connectivity index (χ0) is 12.6. The molecule has 0 aliphatic rings. The fourth-order valence-corrected chi connectivity index (χ4v) is 1.54. The zero-order valence-corrected chi connectivity index (χ0v) is 10.0. The van der Waals surface area contributed by atoms with Crippen molar-refractivity contribution in [1.82, 2.24) is 19.8 Å². The Morgan fingerprint density at radius 1 is 1.35 bits per heavy atom. The summed E-state index contributed by atoms with van der Waals surface area (Å²) in [5.74, 6) is -0.615. The molecule has 0 radical (unpaired) electrons. The molecule has 0 atom stereocenters. The monoisotopic (exact) mass is 256 g/mol. The summed E-state index contributed by atoms with van der Waals surface area (Å²) in [6, 6.07) is 3.86. The first kappa shape index (κ1) is 11.8. The Bertz CT molecular complexity index is 605. The first-order chi connectivity index (χ1) is 8.00. The topological polar surface area (TPSA) is 52.7 Å². The summed E-state index contributed by atoms with van der Waals surface area (Å²) >= 11 is 5.63. The third-order valence-electron chi connectivity index (χ3n) is 2.23. The van der Waals surface area contributed by atoms with E-state index in [4.69, 9.17) is 11.6 Å². The van der Waals surface area contributed by atoms with Crippen LogP contribution in [0.5, 0.6) is 0 Å². The van der Waals surface area contributed by atoms with Gasteiger partial charge in [0.2, 0.25) is 0 Å². The van der Waals surface area contributed by atoms with E-state index in [0.717, 1.165) is 10.7 Å². The summed E-state index contributed by atoms with van der Waals surface area (Å²) in [7, 11) is 0. The summed E-state index contributed by atoms with van der Waals surface area (Å²) in [4.78, 5) is 11.8. The summed E-state index contributed by atoms with van der Waals surface area (Å²) < 4.78 is 15.7. The molecule has 0 saturated carbocycles. The molecule has 7 heteroatoms. The molecule has 0 amide bonds. The van der Waals surface area contributed by atoms with Crippen LogP contribution in [0.25, 0.3) is 5.69 Å². The molecule has 0 spiro atoms. The van der Waals surface area contributed by atoms with Crippen molar-refractivity contribution in [2.24, 2.45) is 0 Å². The van der Waals surface area contributed by atoms with Crippen LogP contribution >= 0.6 is 11.6 Å². The van der Waals surface area contributed by atoms with Gasteiger partial charge in [-0.1, -0.05) is 11.6 Å². The van der Waals surface area contributed by atoms with E-state index in [0.29, 0.717) is 0 Å². The van der Waals surface area contributed by atoms with Crippen LogP contribution in [0.3, 0.4) is 0 Å². The minimum absolute atomic E-state index is 0.0336. The SMILES string of the molecule is CC(C)n1nnn(-c2ccc(Cl)cc2F)c1=O. The standard InChI is InChI=1S/C10H10ClFN4O/c1-6(2)15-10(17)16(14-13-15)9-4-3-7(11)5-8(9)12/h3-6H,1-2H3. The molecule has 0 saturated heterocycles. The first-order valence-corrected chi connectivity index (χ1v) is 5.38. The van der Waals surface area contributed by atoms with E-state index in [2.05, 4.69) is 10.4 Å².